The molecule has 0 radical (unpaired) electrons. The van der Waals surface area contributed by atoms with E-state index in [1.807, 2.05) is 25.1 Å². The summed E-state index contributed by atoms with van der Waals surface area (Å²) in [6, 6.07) is 8.04. The average molecular weight is 288 g/mol. The van der Waals surface area contributed by atoms with Crippen LogP contribution in [0.15, 0.2) is 24.3 Å². The molecule has 0 spiro atoms. The van der Waals surface area contributed by atoms with E-state index in [0.717, 1.165) is 23.4 Å². The third-order valence-electron chi connectivity index (χ3n) is 3.76. The molecule has 0 saturated carbocycles. The summed E-state index contributed by atoms with van der Waals surface area (Å²) >= 11 is 0. The minimum Gasteiger partial charge on any atom is -0.378 e. The second-order valence-corrected chi connectivity index (χ2v) is 5.13. The molecule has 2 amide bonds. The van der Waals surface area contributed by atoms with Crippen molar-refractivity contribution < 1.29 is 9.53 Å². The Balaban J connectivity index is 1.59. The van der Waals surface area contributed by atoms with E-state index in [0.29, 0.717) is 32.8 Å². The summed E-state index contributed by atoms with van der Waals surface area (Å²) in [4.78, 5) is 18.3. The molecule has 112 valence electrons. The van der Waals surface area contributed by atoms with Crippen LogP contribution in [0.4, 0.5) is 4.79 Å². The number of morpholine rings is 1. The maximum Gasteiger partial charge on any atom is 0.317 e. The van der Waals surface area contributed by atoms with E-state index in [1.165, 1.54) is 0 Å². The highest BCUT2D eigenvalue weighted by atomic mass is 16.5. The number of rotatable bonds is 3. The lowest BCUT2D eigenvalue weighted by Crippen LogP contribution is -2.46. The van der Waals surface area contributed by atoms with Crippen molar-refractivity contribution in [1.29, 1.82) is 0 Å². The molecule has 0 bridgehead atoms. The van der Waals surface area contributed by atoms with E-state index >= 15 is 0 Å². The summed E-state index contributed by atoms with van der Waals surface area (Å²) in [7, 11) is 0. The number of carbonyl (C=O) groups is 1. The van der Waals surface area contributed by atoms with Gasteiger partial charge in [-0.2, -0.15) is 0 Å². The molecule has 1 saturated heterocycles. The van der Waals surface area contributed by atoms with Crippen molar-refractivity contribution in [3.05, 3.63) is 30.1 Å². The largest absolute Gasteiger partial charge is 0.378 e. The molecule has 0 atom stereocenters. The zero-order valence-corrected chi connectivity index (χ0v) is 12.2. The number of fused-ring (bicyclic) bond motifs is 1. The van der Waals surface area contributed by atoms with E-state index in [9.17, 15) is 4.79 Å². The van der Waals surface area contributed by atoms with Gasteiger partial charge in [-0.25, -0.2) is 9.78 Å². The summed E-state index contributed by atoms with van der Waals surface area (Å²) < 4.78 is 7.38. The average Bonchev–Trinajstić information content (AvgIpc) is 2.84. The molecule has 1 aromatic carbocycles. The number of nitrogens with one attached hydrogen (secondary N) is 1. The fraction of sp³-hybridized carbons (Fsp3) is 0.467. The van der Waals surface area contributed by atoms with E-state index in [2.05, 4.69) is 20.9 Å². The number of para-hydroxylation sites is 2. The molecule has 1 N–H and O–H groups in total. The van der Waals surface area contributed by atoms with Gasteiger partial charge in [-0.05, 0) is 19.1 Å². The van der Waals surface area contributed by atoms with Crippen LogP contribution in [0.2, 0.25) is 0 Å². The van der Waals surface area contributed by atoms with Crippen LogP contribution in [-0.4, -0.2) is 53.3 Å². The number of urea groups is 1. The van der Waals surface area contributed by atoms with E-state index in [-0.39, 0.29) is 6.03 Å². The second kappa shape index (κ2) is 6.13. The highest BCUT2D eigenvalue weighted by molar-refractivity contribution is 5.76. The summed E-state index contributed by atoms with van der Waals surface area (Å²) in [5, 5.41) is 2.97. The van der Waals surface area contributed by atoms with Crippen LogP contribution in [-0.2, 0) is 11.3 Å². The molecular formula is C15H20N4O2. The van der Waals surface area contributed by atoms with Gasteiger partial charge in [0.05, 0.1) is 24.2 Å². The number of amides is 2. The number of hydrogen-bond acceptors (Lipinski definition) is 3. The topological polar surface area (TPSA) is 59.4 Å². The molecule has 1 aliphatic heterocycles. The first-order chi connectivity index (χ1) is 10.3. The number of ether oxygens (including phenoxy) is 1. The van der Waals surface area contributed by atoms with Crippen LogP contribution in [0, 0.1) is 6.92 Å². The van der Waals surface area contributed by atoms with Crippen molar-refractivity contribution in [2.24, 2.45) is 0 Å². The Morgan fingerprint density at radius 1 is 1.33 bits per heavy atom. The number of aromatic nitrogens is 2. The van der Waals surface area contributed by atoms with Crippen LogP contribution in [0.25, 0.3) is 11.0 Å². The Hall–Kier alpha value is -2.08. The lowest BCUT2D eigenvalue weighted by atomic mass is 10.3. The van der Waals surface area contributed by atoms with Crippen molar-refractivity contribution in [3.63, 3.8) is 0 Å². The molecule has 6 nitrogen and oxygen atoms in total. The molecule has 21 heavy (non-hydrogen) atoms. The Labute approximate surface area is 123 Å². The van der Waals surface area contributed by atoms with Gasteiger partial charge in [0.15, 0.2) is 0 Å². The van der Waals surface area contributed by atoms with Crippen LogP contribution in [0.3, 0.4) is 0 Å². The first-order valence-electron chi connectivity index (χ1n) is 7.28. The third-order valence-corrected chi connectivity index (χ3v) is 3.76. The lowest BCUT2D eigenvalue weighted by Gasteiger charge is -2.27. The first kappa shape index (κ1) is 13.9. The minimum atomic E-state index is -0.0135. The Kier molecular flexibility index (Phi) is 4.06. The Bertz CT molecular complexity index is 632. The minimum absolute atomic E-state index is 0.0135. The second-order valence-electron chi connectivity index (χ2n) is 5.13. The van der Waals surface area contributed by atoms with E-state index in [1.54, 1.807) is 4.90 Å². The molecule has 1 aliphatic rings. The Morgan fingerprint density at radius 2 is 2.10 bits per heavy atom. The number of carbonyl (C=O) groups excluding carboxylic acids is 1. The maximum absolute atomic E-state index is 12.0. The van der Waals surface area contributed by atoms with Crippen LogP contribution in [0.5, 0.6) is 0 Å². The molecule has 2 heterocycles. The summed E-state index contributed by atoms with van der Waals surface area (Å²) in [5.41, 5.74) is 2.10. The summed E-state index contributed by atoms with van der Waals surface area (Å²) in [5.74, 6) is 0.969. The summed E-state index contributed by atoms with van der Waals surface area (Å²) in [6.45, 7) is 5.89. The Morgan fingerprint density at radius 3 is 2.90 bits per heavy atom. The van der Waals surface area contributed by atoms with E-state index in [4.69, 9.17) is 4.74 Å². The van der Waals surface area contributed by atoms with Crippen molar-refractivity contribution in [2.75, 3.05) is 32.8 Å². The van der Waals surface area contributed by atoms with Gasteiger partial charge >= 0.3 is 6.03 Å². The fourth-order valence-electron chi connectivity index (χ4n) is 2.63. The predicted molar refractivity (Wildman–Crippen MR) is 80.3 cm³/mol. The van der Waals surface area contributed by atoms with Gasteiger partial charge in [0.2, 0.25) is 0 Å². The normalized spacial score (nSPS) is 15.4. The van der Waals surface area contributed by atoms with Gasteiger partial charge in [-0.1, -0.05) is 12.1 Å². The van der Waals surface area contributed by atoms with E-state index < -0.39 is 0 Å². The van der Waals surface area contributed by atoms with Gasteiger partial charge in [-0.3, -0.25) is 0 Å². The van der Waals surface area contributed by atoms with Gasteiger partial charge in [-0.15, -0.1) is 0 Å². The quantitative estimate of drug-likeness (QED) is 0.928. The molecule has 6 heteroatoms. The highest BCUT2D eigenvalue weighted by Crippen LogP contribution is 2.14. The number of hydrogen-bond donors (Lipinski definition) is 1. The molecular weight excluding hydrogens is 268 g/mol. The molecule has 1 fully saturated rings. The van der Waals surface area contributed by atoms with Crippen LogP contribution < -0.4 is 5.32 Å². The van der Waals surface area contributed by atoms with Crippen molar-refractivity contribution in [2.45, 2.75) is 13.5 Å². The van der Waals surface area contributed by atoms with Crippen molar-refractivity contribution in [3.8, 4) is 0 Å². The zero-order valence-electron chi connectivity index (χ0n) is 12.2. The maximum atomic E-state index is 12.0. The molecule has 1 aromatic heterocycles. The molecule has 3 rings (SSSR count). The monoisotopic (exact) mass is 288 g/mol. The number of benzene rings is 1. The van der Waals surface area contributed by atoms with Crippen LogP contribution in [0.1, 0.15) is 5.82 Å². The molecule has 2 aromatic rings. The first-order valence-corrected chi connectivity index (χ1v) is 7.28. The standard InChI is InChI=1S/C15H20N4O2/c1-12-17-13-4-2-3-5-14(13)19(12)7-6-16-15(20)18-8-10-21-11-9-18/h2-5H,6-11H2,1H3,(H,16,20). The third kappa shape index (κ3) is 3.00. The molecule has 0 unspecified atom stereocenters. The SMILES string of the molecule is Cc1nc2ccccc2n1CCNC(=O)N1CCOCC1. The number of imidazole rings is 1. The van der Waals surface area contributed by atoms with Crippen molar-refractivity contribution in [1.82, 2.24) is 19.8 Å². The smallest absolute Gasteiger partial charge is 0.317 e. The zero-order chi connectivity index (χ0) is 14.7. The van der Waals surface area contributed by atoms with Gasteiger partial charge in [0.1, 0.15) is 5.82 Å². The number of nitrogens with zero attached hydrogens (tertiary/aromatic N) is 3. The highest BCUT2D eigenvalue weighted by Gasteiger charge is 2.16. The van der Waals surface area contributed by atoms with Crippen molar-refractivity contribution >= 4 is 17.1 Å². The fourth-order valence-corrected chi connectivity index (χ4v) is 2.63. The lowest BCUT2D eigenvalue weighted by molar-refractivity contribution is 0.0532. The predicted octanol–water partition coefficient (Wildman–Crippen LogP) is 1.39. The van der Waals surface area contributed by atoms with Gasteiger partial charge < -0.3 is 19.5 Å². The van der Waals surface area contributed by atoms with Gasteiger partial charge in [0, 0.05) is 26.2 Å². The van der Waals surface area contributed by atoms with Gasteiger partial charge in [0.25, 0.3) is 0 Å². The van der Waals surface area contributed by atoms with Crippen LogP contribution >= 0.6 is 0 Å². The molecule has 0 aliphatic carbocycles. The summed E-state index contributed by atoms with van der Waals surface area (Å²) in [6.07, 6.45) is 0. The number of aryl methyl sites for hydroxylation is 1.